The highest BCUT2D eigenvalue weighted by Gasteiger charge is 2.19. The van der Waals surface area contributed by atoms with Gasteiger partial charge in [0.25, 0.3) is 5.91 Å². The van der Waals surface area contributed by atoms with Gasteiger partial charge in [0.05, 0.1) is 13.0 Å². The molecule has 1 unspecified atom stereocenters. The fraction of sp³-hybridized carbons (Fsp3) is 0.429. The molecule has 0 heterocycles. The summed E-state index contributed by atoms with van der Waals surface area (Å²) in [4.78, 5) is 25.0. The number of rotatable bonds is 5. The van der Waals surface area contributed by atoms with Crippen LogP contribution in [0.1, 0.15) is 22.8 Å². The van der Waals surface area contributed by atoms with E-state index in [0.717, 1.165) is 10.9 Å². The first-order valence-electron chi connectivity index (χ1n) is 5.97. The van der Waals surface area contributed by atoms with E-state index in [9.17, 15) is 9.59 Å². The van der Waals surface area contributed by atoms with E-state index >= 15 is 0 Å². The van der Waals surface area contributed by atoms with Crippen LogP contribution in [-0.2, 0) is 14.9 Å². The summed E-state index contributed by atoms with van der Waals surface area (Å²) >= 11 is 3.36. The number of ether oxygens (including phenoxy) is 1. The van der Waals surface area contributed by atoms with Crippen molar-refractivity contribution in [1.82, 2.24) is 4.90 Å². The molecule has 0 fully saturated rings. The summed E-state index contributed by atoms with van der Waals surface area (Å²) in [7, 11) is 3.03. The number of benzene rings is 1. The Labute approximate surface area is 121 Å². The molecule has 0 N–H and O–H groups in total. The highest BCUT2D eigenvalue weighted by Crippen LogP contribution is 2.11. The van der Waals surface area contributed by atoms with Gasteiger partial charge in [-0.3, -0.25) is 9.59 Å². The minimum atomic E-state index is -0.333. The molecule has 0 radical (unpaired) electrons. The van der Waals surface area contributed by atoms with Crippen molar-refractivity contribution in [3.8, 4) is 0 Å². The first kappa shape index (κ1) is 15.7. The first-order valence-corrected chi connectivity index (χ1v) is 7.10. The van der Waals surface area contributed by atoms with Crippen molar-refractivity contribution in [2.45, 2.75) is 12.3 Å². The second-order valence-electron chi connectivity index (χ2n) is 4.44. The number of esters is 1. The van der Waals surface area contributed by atoms with Crippen LogP contribution in [0.25, 0.3) is 0 Å². The van der Waals surface area contributed by atoms with Gasteiger partial charge >= 0.3 is 5.97 Å². The molecule has 5 heteroatoms. The molecule has 104 valence electrons. The maximum atomic E-state index is 12.2. The number of carbonyl (C=O) groups is 2. The highest BCUT2D eigenvalue weighted by molar-refractivity contribution is 9.08. The lowest BCUT2D eigenvalue weighted by molar-refractivity contribution is -0.145. The van der Waals surface area contributed by atoms with Gasteiger partial charge in [0, 0.05) is 24.5 Å². The van der Waals surface area contributed by atoms with Crippen LogP contribution in [0.15, 0.2) is 24.3 Å². The van der Waals surface area contributed by atoms with Crippen LogP contribution >= 0.6 is 15.9 Å². The van der Waals surface area contributed by atoms with Gasteiger partial charge in [-0.15, -0.1) is 0 Å². The molecule has 1 atom stereocenters. The predicted molar refractivity (Wildman–Crippen MR) is 77.2 cm³/mol. The smallest absolute Gasteiger partial charge is 0.310 e. The molecule has 1 aromatic carbocycles. The first-order chi connectivity index (χ1) is 8.99. The van der Waals surface area contributed by atoms with E-state index < -0.39 is 0 Å². The van der Waals surface area contributed by atoms with Gasteiger partial charge in [0.1, 0.15) is 0 Å². The average molecular weight is 328 g/mol. The zero-order valence-corrected chi connectivity index (χ0v) is 12.9. The van der Waals surface area contributed by atoms with Crippen molar-refractivity contribution in [3.05, 3.63) is 35.4 Å². The van der Waals surface area contributed by atoms with E-state index in [1.54, 1.807) is 26.1 Å². The number of halogens is 1. The number of carbonyl (C=O) groups excluding carboxylic acids is 2. The molecule has 0 aliphatic rings. The van der Waals surface area contributed by atoms with Gasteiger partial charge in [-0.25, -0.2) is 0 Å². The van der Waals surface area contributed by atoms with Gasteiger partial charge in [0.15, 0.2) is 0 Å². The van der Waals surface area contributed by atoms with Crippen LogP contribution in [0.3, 0.4) is 0 Å². The van der Waals surface area contributed by atoms with Crippen molar-refractivity contribution in [3.63, 3.8) is 0 Å². The molecular weight excluding hydrogens is 310 g/mol. The Morgan fingerprint density at radius 3 is 2.37 bits per heavy atom. The number of hydrogen-bond donors (Lipinski definition) is 0. The molecule has 1 amide bonds. The minimum Gasteiger partial charge on any atom is -0.469 e. The fourth-order valence-corrected chi connectivity index (χ4v) is 2.10. The zero-order valence-electron chi connectivity index (χ0n) is 11.4. The minimum absolute atomic E-state index is 0.100. The summed E-state index contributed by atoms with van der Waals surface area (Å²) in [6.45, 7) is 2.08. The Morgan fingerprint density at radius 1 is 1.32 bits per heavy atom. The molecule has 0 spiro atoms. The monoisotopic (exact) mass is 327 g/mol. The van der Waals surface area contributed by atoms with E-state index in [0.29, 0.717) is 12.1 Å². The molecule has 0 aliphatic carbocycles. The van der Waals surface area contributed by atoms with E-state index in [4.69, 9.17) is 0 Å². The van der Waals surface area contributed by atoms with Crippen molar-refractivity contribution in [2.75, 3.05) is 20.7 Å². The lowest BCUT2D eigenvalue weighted by Crippen LogP contribution is -2.34. The Hall–Kier alpha value is -1.36. The van der Waals surface area contributed by atoms with E-state index in [1.165, 1.54) is 12.0 Å². The third-order valence-corrected chi connectivity index (χ3v) is 3.50. The van der Waals surface area contributed by atoms with Crippen molar-refractivity contribution >= 4 is 27.8 Å². The van der Waals surface area contributed by atoms with Crippen molar-refractivity contribution in [2.24, 2.45) is 5.92 Å². The van der Waals surface area contributed by atoms with Gasteiger partial charge < -0.3 is 9.64 Å². The number of alkyl halides is 1. The second-order valence-corrected chi connectivity index (χ2v) is 5.00. The van der Waals surface area contributed by atoms with E-state index in [2.05, 4.69) is 20.7 Å². The molecule has 0 aliphatic heterocycles. The largest absolute Gasteiger partial charge is 0.469 e. The summed E-state index contributed by atoms with van der Waals surface area (Å²) < 4.78 is 4.65. The lowest BCUT2D eigenvalue weighted by Gasteiger charge is -2.20. The van der Waals surface area contributed by atoms with Crippen LogP contribution in [0, 0.1) is 5.92 Å². The van der Waals surface area contributed by atoms with Gasteiger partial charge in [-0.05, 0) is 17.7 Å². The van der Waals surface area contributed by atoms with Crippen LogP contribution in [0.2, 0.25) is 0 Å². The molecule has 0 saturated heterocycles. The normalized spacial score (nSPS) is 11.8. The Morgan fingerprint density at radius 2 is 1.89 bits per heavy atom. The highest BCUT2D eigenvalue weighted by atomic mass is 79.9. The van der Waals surface area contributed by atoms with Crippen molar-refractivity contribution < 1.29 is 14.3 Å². The Balaban J connectivity index is 2.68. The van der Waals surface area contributed by atoms with Gasteiger partial charge in [-0.1, -0.05) is 35.0 Å². The average Bonchev–Trinajstić information content (AvgIpc) is 2.45. The maximum absolute atomic E-state index is 12.2. The van der Waals surface area contributed by atoms with Crippen LogP contribution in [0.4, 0.5) is 0 Å². The molecule has 4 nitrogen and oxygen atoms in total. The molecule has 1 rings (SSSR count). The number of nitrogens with zero attached hydrogens (tertiary/aromatic N) is 1. The molecule has 0 saturated carbocycles. The van der Waals surface area contributed by atoms with Gasteiger partial charge in [-0.2, -0.15) is 0 Å². The van der Waals surface area contributed by atoms with Crippen molar-refractivity contribution in [1.29, 1.82) is 0 Å². The Kier molecular flexibility index (Phi) is 6.02. The zero-order chi connectivity index (χ0) is 14.4. The summed E-state index contributed by atoms with van der Waals surface area (Å²) in [5.74, 6) is -0.744. The van der Waals surface area contributed by atoms with Crippen LogP contribution in [-0.4, -0.2) is 37.5 Å². The quantitative estimate of drug-likeness (QED) is 0.616. The Bertz CT molecular complexity index is 445. The fourth-order valence-electron chi connectivity index (χ4n) is 1.73. The third kappa shape index (κ3) is 4.35. The standard InChI is InChI=1S/C14H18BrNO3/c1-10(14(18)19-3)9-16(2)13(17)12-6-4-11(8-15)5-7-12/h4-7,10H,8-9H2,1-3H3. The molecule has 0 aromatic heterocycles. The second kappa shape index (κ2) is 7.28. The molecular formula is C14H18BrNO3. The molecule has 1 aromatic rings. The predicted octanol–water partition coefficient (Wildman–Crippen LogP) is 2.46. The summed E-state index contributed by atoms with van der Waals surface area (Å²) in [6.07, 6.45) is 0. The van der Waals surface area contributed by atoms with E-state index in [-0.39, 0.29) is 17.8 Å². The summed E-state index contributed by atoms with van der Waals surface area (Å²) in [5, 5.41) is 0.761. The topological polar surface area (TPSA) is 46.6 Å². The molecule has 0 bridgehead atoms. The number of methoxy groups -OCH3 is 1. The summed E-state index contributed by atoms with van der Waals surface area (Å²) in [5.41, 5.74) is 1.73. The van der Waals surface area contributed by atoms with Crippen LogP contribution < -0.4 is 0 Å². The molecule has 19 heavy (non-hydrogen) atoms. The SMILES string of the molecule is COC(=O)C(C)CN(C)C(=O)c1ccc(CBr)cc1. The third-order valence-electron chi connectivity index (χ3n) is 2.85. The van der Waals surface area contributed by atoms with Gasteiger partial charge in [0.2, 0.25) is 0 Å². The number of hydrogen-bond acceptors (Lipinski definition) is 3. The van der Waals surface area contributed by atoms with E-state index in [1.807, 2.05) is 12.1 Å². The summed E-state index contributed by atoms with van der Waals surface area (Å²) in [6, 6.07) is 7.38. The maximum Gasteiger partial charge on any atom is 0.310 e. The lowest BCUT2D eigenvalue weighted by atomic mass is 10.1. The van der Waals surface area contributed by atoms with Crippen LogP contribution in [0.5, 0.6) is 0 Å². The number of amides is 1.